The average Bonchev–Trinajstić information content (AvgIpc) is 2.50. The first-order valence-electron chi connectivity index (χ1n) is 9.99. The van der Waals surface area contributed by atoms with Gasteiger partial charge < -0.3 is 4.90 Å². The number of carbonyl (C=O) groups excluding carboxylic acids is 2. The van der Waals surface area contributed by atoms with Gasteiger partial charge in [0.15, 0.2) is 0 Å². The summed E-state index contributed by atoms with van der Waals surface area (Å²) in [6.45, 7) is 10.1. The molecule has 2 saturated carbocycles. The van der Waals surface area contributed by atoms with Crippen LogP contribution >= 0.6 is 0 Å². The Bertz CT molecular complexity index is 466. The molecule has 2 aliphatic carbocycles. The van der Waals surface area contributed by atoms with Crippen molar-refractivity contribution in [3.8, 4) is 0 Å². The molecule has 0 bridgehead atoms. The molecule has 0 N–H and O–H groups in total. The SMILES string of the molecule is CCCCC(=O)N1CCN(C2CC3(CC(C(=O)C(C)C)C3)C2)CC1. The van der Waals surface area contributed by atoms with E-state index in [9.17, 15) is 9.59 Å². The molecule has 3 fully saturated rings. The zero-order chi connectivity index (χ0) is 17.3. The highest BCUT2D eigenvalue weighted by molar-refractivity contribution is 5.83. The molecule has 0 aromatic carbocycles. The summed E-state index contributed by atoms with van der Waals surface area (Å²) in [4.78, 5) is 28.8. The lowest BCUT2D eigenvalue weighted by molar-refractivity contribution is -0.146. The van der Waals surface area contributed by atoms with Crippen molar-refractivity contribution in [2.75, 3.05) is 26.2 Å². The number of rotatable bonds is 6. The predicted molar refractivity (Wildman–Crippen MR) is 95.7 cm³/mol. The van der Waals surface area contributed by atoms with Gasteiger partial charge in [0, 0.05) is 50.5 Å². The summed E-state index contributed by atoms with van der Waals surface area (Å²) in [6, 6.07) is 0.702. The standard InChI is InChI=1S/C20H34N2O2/c1-4-5-6-18(23)22-9-7-21(8-10-22)17-13-20(14-17)11-16(12-20)19(24)15(2)3/h15-17H,4-14H2,1-3H3. The molecule has 4 heteroatoms. The first-order valence-corrected chi connectivity index (χ1v) is 9.99. The third kappa shape index (κ3) is 3.54. The van der Waals surface area contributed by atoms with Crippen molar-refractivity contribution >= 4 is 11.7 Å². The molecule has 136 valence electrons. The molecule has 4 nitrogen and oxygen atoms in total. The minimum atomic E-state index is 0.196. The molecule has 0 atom stereocenters. The Balaban J connectivity index is 1.37. The average molecular weight is 335 g/mol. The summed E-state index contributed by atoms with van der Waals surface area (Å²) in [5.74, 6) is 1.36. The van der Waals surface area contributed by atoms with Crippen LogP contribution in [0.4, 0.5) is 0 Å². The molecule has 1 amide bonds. The number of Topliss-reactive ketones (excluding diaryl/α,β-unsaturated/α-hetero) is 1. The van der Waals surface area contributed by atoms with Crippen LogP contribution in [0.3, 0.4) is 0 Å². The highest BCUT2D eigenvalue weighted by Crippen LogP contribution is 2.60. The summed E-state index contributed by atoms with van der Waals surface area (Å²) in [6.07, 6.45) is 7.65. The Hall–Kier alpha value is -0.900. The van der Waals surface area contributed by atoms with Gasteiger partial charge in [0.05, 0.1) is 0 Å². The van der Waals surface area contributed by atoms with E-state index in [0.717, 1.165) is 51.9 Å². The molecule has 1 spiro atoms. The molecular weight excluding hydrogens is 300 g/mol. The third-order valence-electron chi connectivity index (χ3n) is 6.60. The van der Waals surface area contributed by atoms with Gasteiger partial charge in [0.25, 0.3) is 0 Å². The Labute approximate surface area is 146 Å². The van der Waals surface area contributed by atoms with E-state index in [1.165, 1.54) is 12.8 Å². The topological polar surface area (TPSA) is 40.6 Å². The van der Waals surface area contributed by atoms with E-state index < -0.39 is 0 Å². The minimum Gasteiger partial charge on any atom is -0.340 e. The van der Waals surface area contributed by atoms with Crippen molar-refractivity contribution in [2.45, 2.75) is 71.8 Å². The second kappa shape index (κ2) is 7.15. The maximum Gasteiger partial charge on any atom is 0.222 e. The van der Waals surface area contributed by atoms with Gasteiger partial charge in [-0.1, -0.05) is 27.2 Å². The number of carbonyl (C=O) groups is 2. The molecule has 1 aliphatic heterocycles. The van der Waals surface area contributed by atoms with E-state index in [0.29, 0.717) is 35.5 Å². The number of amides is 1. The largest absolute Gasteiger partial charge is 0.340 e. The van der Waals surface area contributed by atoms with Crippen LogP contribution in [-0.4, -0.2) is 53.7 Å². The minimum absolute atomic E-state index is 0.196. The molecule has 1 saturated heterocycles. The fourth-order valence-corrected chi connectivity index (χ4v) is 5.01. The van der Waals surface area contributed by atoms with Gasteiger partial charge >= 0.3 is 0 Å². The monoisotopic (exact) mass is 334 g/mol. The Morgan fingerprint density at radius 2 is 1.67 bits per heavy atom. The number of piperazine rings is 1. The molecule has 3 rings (SSSR count). The van der Waals surface area contributed by atoms with Crippen LogP contribution in [0.1, 0.15) is 65.7 Å². The highest BCUT2D eigenvalue weighted by atomic mass is 16.2. The summed E-state index contributed by atoms with van der Waals surface area (Å²) in [7, 11) is 0. The second-order valence-corrected chi connectivity index (χ2v) is 8.74. The first-order chi connectivity index (χ1) is 11.4. The summed E-state index contributed by atoms with van der Waals surface area (Å²) in [5, 5.41) is 0. The smallest absolute Gasteiger partial charge is 0.222 e. The quantitative estimate of drug-likeness (QED) is 0.749. The molecular formula is C20H34N2O2. The van der Waals surface area contributed by atoms with Crippen molar-refractivity contribution in [1.82, 2.24) is 9.80 Å². The summed E-state index contributed by atoms with van der Waals surface area (Å²) < 4.78 is 0. The van der Waals surface area contributed by atoms with Gasteiger partial charge in [0.2, 0.25) is 5.91 Å². The fraction of sp³-hybridized carbons (Fsp3) is 0.900. The number of hydrogen-bond donors (Lipinski definition) is 0. The Kier molecular flexibility index (Phi) is 5.33. The Morgan fingerprint density at radius 3 is 2.21 bits per heavy atom. The van der Waals surface area contributed by atoms with Crippen molar-refractivity contribution in [1.29, 1.82) is 0 Å². The lowest BCUT2D eigenvalue weighted by Gasteiger charge is -2.60. The van der Waals surface area contributed by atoms with Crippen LogP contribution in [0.2, 0.25) is 0 Å². The third-order valence-corrected chi connectivity index (χ3v) is 6.60. The zero-order valence-electron chi connectivity index (χ0n) is 15.7. The molecule has 0 aromatic rings. The fourth-order valence-electron chi connectivity index (χ4n) is 5.01. The van der Waals surface area contributed by atoms with Crippen molar-refractivity contribution in [3.63, 3.8) is 0 Å². The summed E-state index contributed by atoms with van der Waals surface area (Å²) >= 11 is 0. The lowest BCUT2D eigenvalue weighted by atomic mass is 9.48. The second-order valence-electron chi connectivity index (χ2n) is 8.74. The van der Waals surface area contributed by atoms with Gasteiger partial charge in [0.1, 0.15) is 5.78 Å². The predicted octanol–water partition coefficient (Wildman–Crippen LogP) is 3.10. The van der Waals surface area contributed by atoms with E-state index in [2.05, 4.69) is 16.7 Å². The van der Waals surface area contributed by atoms with Crippen LogP contribution in [0.5, 0.6) is 0 Å². The van der Waals surface area contributed by atoms with Crippen LogP contribution in [0.25, 0.3) is 0 Å². The number of hydrogen-bond acceptors (Lipinski definition) is 3. The van der Waals surface area contributed by atoms with E-state index in [1.807, 2.05) is 13.8 Å². The van der Waals surface area contributed by atoms with E-state index in [1.54, 1.807) is 0 Å². The number of unbranched alkanes of at least 4 members (excludes halogenated alkanes) is 1. The van der Waals surface area contributed by atoms with Crippen molar-refractivity contribution in [3.05, 3.63) is 0 Å². The van der Waals surface area contributed by atoms with E-state index >= 15 is 0 Å². The van der Waals surface area contributed by atoms with Crippen LogP contribution in [0.15, 0.2) is 0 Å². The molecule has 0 aromatic heterocycles. The highest BCUT2D eigenvalue weighted by Gasteiger charge is 2.55. The molecule has 24 heavy (non-hydrogen) atoms. The maximum absolute atomic E-state index is 12.1. The maximum atomic E-state index is 12.1. The Morgan fingerprint density at radius 1 is 1.04 bits per heavy atom. The summed E-state index contributed by atoms with van der Waals surface area (Å²) in [5.41, 5.74) is 0.494. The number of nitrogens with zero attached hydrogens (tertiary/aromatic N) is 2. The van der Waals surface area contributed by atoms with Crippen molar-refractivity contribution in [2.24, 2.45) is 17.3 Å². The first kappa shape index (κ1) is 17.9. The normalized spacial score (nSPS) is 33.4. The van der Waals surface area contributed by atoms with Gasteiger partial charge in [-0.3, -0.25) is 14.5 Å². The van der Waals surface area contributed by atoms with E-state index in [4.69, 9.17) is 0 Å². The van der Waals surface area contributed by atoms with Crippen LogP contribution < -0.4 is 0 Å². The van der Waals surface area contributed by atoms with Gasteiger partial charge in [-0.2, -0.15) is 0 Å². The van der Waals surface area contributed by atoms with E-state index in [-0.39, 0.29) is 5.92 Å². The molecule has 3 aliphatic rings. The zero-order valence-corrected chi connectivity index (χ0v) is 15.7. The molecule has 0 unspecified atom stereocenters. The van der Waals surface area contributed by atoms with Crippen molar-refractivity contribution < 1.29 is 9.59 Å². The molecule has 0 radical (unpaired) electrons. The number of ketones is 1. The van der Waals surface area contributed by atoms with Gasteiger partial charge in [-0.25, -0.2) is 0 Å². The lowest BCUT2D eigenvalue weighted by Crippen LogP contribution is -2.61. The van der Waals surface area contributed by atoms with Crippen LogP contribution in [0, 0.1) is 17.3 Å². The molecule has 1 heterocycles. The van der Waals surface area contributed by atoms with Gasteiger partial charge in [-0.05, 0) is 37.5 Å². The van der Waals surface area contributed by atoms with Crippen LogP contribution in [-0.2, 0) is 9.59 Å². The van der Waals surface area contributed by atoms with Gasteiger partial charge in [-0.15, -0.1) is 0 Å².